The smallest absolute Gasteiger partial charge is 0.342 e. The molecule has 0 unspecified atom stereocenters. The molecule has 216 valence electrons. The quantitative estimate of drug-likeness (QED) is 0.356. The third kappa shape index (κ3) is 6.38. The van der Waals surface area contributed by atoms with Crippen LogP contribution in [0.25, 0.3) is 10.9 Å². The van der Waals surface area contributed by atoms with Gasteiger partial charge in [0.15, 0.2) is 5.69 Å². The Bertz CT molecular complexity index is 1230. The lowest BCUT2D eigenvalue weighted by Crippen LogP contribution is -2.57. The first-order valence-corrected chi connectivity index (χ1v) is 14.5. The molecule has 3 aliphatic heterocycles. The normalized spacial score (nSPS) is 24.2. The fourth-order valence-electron chi connectivity index (χ4n) is 6.61. The number of fused-ring (bicyclic) bond motifs is 4. The van der Waals surface area contributed by atoms with Gasteiger partial charge in [0.25, 0.3) is 12.4 Å². The minimum Gasteiger partial charge on any atom is -0.483 e. The number of anilines is 1. The van der Waals surface area contributed by atoms with Gasteiger partial charge in [-0.1, -0.05) is 25.7 Å². The van der Waals surface area contributed by atoms with Crippen molar-refractivity contribution < 1.29 is 24.3 Å². The maximum atomic E-state index is 13.5. The Morgan fingerprint density at radius 2 is 1.52 bits per heavy atom. The van der Waals surface area contributed by atoms with E-state index in [4.69, 9.17) is 9.90 Å². The number of aromatic nitrogens is 2. The molecule has 7 rings (SSSR count). The lowest BCUT2D eigenvalue weighted by Gasteiger charge is -2.44. The first kappa shape index (κ1) is 27.9. The lowest BCUT2D eigenvalue weighted by molar-refractivity contribution is -0.122. The van der Waals surface area contributed by atoms with Crippen LogP contribution in [0.4, 0.5) is 15.3 Å². The van der Waals surface area contributed by atoms with Crippen molar-refractivity contribution in [1.82, 2.24) is 30.6 Å². The molecule has 2 aromatic rings. The number of carbonyl (C=O) groups excluding carboxylic acids is 3. The molecule has 0 radical (unpaired) electrons. The summed E-state index contributed by atoms with van der Waals surface area (Å²) < 4.78 is 1.31. The van der Waals surface area contributed by atoms with Crippen LogP contribution >= 0.6 is 0 Å². The molecule has 1 atom stereocenters. The van der Waals surface area contributed by atoms with Crippen molar-refractivity contribution in [3.05, 3.63) is 23.9 Å². The van der Waals surface area contributed by atoms with Crippen molar-refractivity contribution in [2.24, 2.45) is 5.92 Å². The zero-order valence-corrected chi connectivity index (χ0v) is 22.7. The van der Waals surface area contributed by atoms with Crippen LogP contribution in [0.2, 0.25) is 0 Å². The summed E-state index contributed by atoms with van der Waals surface area (Å²) in [6, 6.07) is 5.11. The van der Waals surface area contributed by atoms with E-state index in [1.54, 1.807) is 18.2 Å². The van der Waals surface area contributed by atoms with E-state index in [1.807, 2.05) is 0 Å². The number of urea groups is 1. The topological polar surface area (TPSA) is 158 Å². The van der Waals surface area contributed by atoms with Crippen LogP contribution in [0.5, 0.6) is 0 Å². The van der Waals surface area contributed by atoms with Gasteiger partial charge in [0, 0.05) is 35.7 Å². The van der Waals surface area contributed by atoms with Gasteiger partial charge in [-0.05, 0) is 75.7 Å². The van der Waals surface area contributed by atoms with E-state index in [1.165, 1.54) is 4.68 Å². The van der Waals surface area contributed by atoms with Gasteiger partial charge in [0.1, 0.15) is 0 Å². The van der Waals surface area contributed by atoms with E-state index in [0.29, 0.717) is 22.5 Å². The maximum Gasteiger partial charge on any atom is 0.342 e. The third-order valence-corrected chi connectivity index (χ3v) is 8.69. The molecular weight excluding hydrogens is 514 g/mol. The minimum absolute atomic E-state index is 0.0843. The molecule has 1 aromatic carbocycles. The van der Waals surface area contributed by atoms with Crippen LogP contribution in [-0.4, -0.2) is 82.0 Å². The average molecular weight is 554 g/mol. The van der Waals surface area contributed by atoms with Crippen LogP contribution < -0.4 is 21.3 Å². The predicted molar refractivity (Wildman–Crippen MR) is 149 cm³/mol. The van der Waals surface area contributed by atoms with Gasteiger partial charge in [-0.25, -0.2) is 9.59 Å². The number of rotatable bonds is 5. The van der Waals surface area contributed by atoms with Gasteiger partial charge in [-0.2, -0.15) is 9.78 Å². The predicted octanol–water partition coefficient (Wildman–Crippen LogP) is 3.13. The van der Waals surface area contributed by atoms with E-state index >= 15 is 0 Å². The van der Waals surface area contributed by atoms with Crippen molar-refractivity contribution in [3.63, 3.8) is 0 Å². The molecule has 12 nitrogen and oxygen atoms in total. The minimum atomic E-state index is -0.321. The van der Waals surface area contributed by atoms with Crippen LogP contribution in [0, 0.1) is 5.92 Å². The first-order chi connectivity index (χ1) is 19.4. The highest BCUT2D eigenvalue weighted by Gasteiger charge is 2.36. The summed E-state index contributed by atoms with van der Waals surface area (Å²) in [5.41, 5.74) is 1.33. The van der Waals surface area contributed by atoms with Crippen LogP contribution in [-0.2, 0) is 4.79 Å². The monoisotopic (exact) mass is 553 g/mol. The van der Waals surface area contributed by atoms with E-state index in [2.05, 4.69) is 31.3 Å². The highest BCUT2D eigenvalue weighted by molar-refractivity contribution is 6.08. The number of piperidine rings is 3. The summed E-state index contributed by atoms with van der Waals surface area (Å²) in [7, 11) is 0. The molecule has 5 N–H and O–H groups in total. The molecular formula is C28H39N7O5. The van der Waals surface area contributed by atoms with Crippen molar-refractivity contribution in [3.8, 4) is 0 Å². The van der Waals surface area contributed by atoms with Gasteiger partial charge in [-0.3, -0.25) is 9.59 Å². The maximum absolute atomic E-state index is 13.5. The van der Waals surface area contributed by atoms with Crippen molar-refractivity contribution in [1.29, 1.82) is 0 Å². The summed E-state index contributed by atoms with van der Waals surface area (Å²) in [6.45, 7) is 2.78. The van der Waals surface area contributed by atoms with Crippen LogP contribution in [0.1, 0.15) is 74.7 Å². The van der Waals surface area contributed by atoms with Gasteiger partial charge >= 0.3 is 12.1 Å². The average Bonchev–Trinajstić information content (AvgIpc) is 3.71. The van der Waals surface area contributed by atoms with Crippen molar-refractivity contribution in [2.75, 3.05) is 25.0 Å². The third-order valence-electron chi connectivity index (χ3n) is 8.69. The van der Waals surface area contributed by atoms with Gasteiger partial charge < -0.3 is 31.3 Å². The number of hydrogen-bond acceptors (Lipinski definition) is 6. The highest BCUT2D eigenvalue weighted by atomic mass is 16.3. The lowest BCUT2D eigenvalue weighted by atomic mass is 9.84. The summed E-state index contributed by atoms with van der Waals surface area (Å²) in [6.07, 6.45) is 10.6. The molecule has 4 amide bonds. The Morgan fingerprint density at radius 1 is 0.900 bits per heavy atom. The number of amides is 4. The molecule has 0 spiro atoms. The Hall–Kier alpha value is -3.67. The summed E-state index contributed by atoms with van der Waals surface area (Å²) in [5, 5.41) is 24.2. The van der Waals surface area contributed by atoms with E-state index in [9.17, 15) is 14.4 Å². The van der Waals surface area contributed by atoms with Gasteiger partial charge in [0.2, 0.25) is 0 Å². The summed E-state index contributed by atoms with van der Waals surface area (Å²) in [4.78, 5) is 50.0. The molecule has 2 bridgehead atoms. The summed E-state index contributed by atoms with van der Waals surface area (Å²) in [5.74, 6) is 0.202. The fraction of sp³-hybridized carbons (Fsp3) is 0.607. The zero-order chi connectivity index (χ0) is 28.1. The number of carbonyl (C=O) groups is 4. The number of nitrogens with zero attached hydrogens (tertiary/aromatic N) is 3. The van der Waals surface area contributed by atoms with Crippen molar-refractivity contribution >= 4 is 41.0 Å². The number of carboxylic acid groups (broad SMARTS) is 1. The molecule has 2 saturated carbocycles. The second-order valence-electron chi connectivity index (χ2n) is 11.3. The van der Waals surface area contributed by atoms with E-state index < -0.39 is 0 Å². The number of hydrogen-bond donors (Lipinski definition) is 5. The molecule has 40 heavy (non-hydrogen) atoms. The van der Waals surface area contributed by atoms with E-state index in [-0.39, 0.29) is 48.3 Å². The Labute approximate surface area is 233 Å². The van der Waals surface area contributed by atoms with E-state index in [0.717, 1.165) is 83.8 Å². The van der Waals surface area contributed by atoms with Crippen molar-refractivity contribution in [2.45, 2.75) is 82.3 Å². The largest absolute Gasteiger partial charge is 0.483 e. The fourth-order valence-corrected chi connectivity index (χ4v) is 6.61. The molecule has 5 aliphatic rings. The SMILES string of the molecule is O=C(Nc1ccc2c(c1)c(C(=O)N[C@H]1CN3CCC1CC3)nn2C(=O)NC1CCCC1)NC1CCCC1.O=CO. The standard InChI is InChI=1S/C27H37N7O3.CH2O2/c35-25(31-22-16-33-13-11-17(22)12-14-33)24-21-15-20(29-26(36)28-18-5-1-2-6-18)9-10-23(21)34(32-24)27(37)30-19-7-3-4-8-19;2-1-3/h9-10,15,17-19,22H,1-8,11-14,16H2,(H,30,37)(H,31,35)(H2,28,29,36);1H,(H,2,3)/t22-;/m0./s1. The first-order valence-electron chi connectivity index (χ1n) is 14.5. The Morgan fingerprint density at radius 3 is 2.12 bits per heavy atom. The highest BCUT2D eigenvalue weighted by Crippen LogP contribution is 2.29. The molecule has 3 saturated heterocycles. The van der Waals surface area contributed by atoms with Gasteiger partial charge in [0.05, 0.1) is 5.52 Å². The molecule has 1 aromatic heterocycles. The Kier molecular flexibility index (Phi) is 8.83. The molecule has 2 aliphatic carbocycles. The van der Waals surface area contributed by atoms with Crippen LogP contribution in [0.15, 0.2) is 18.2 Å². The zero-order valence-electron chi connectivity index (χ0n) is 22.7. The molecule has 5 fully saturated rings. The Balaban J connectivity index is 0.00000103. The number of benzene rings is 1. The second kappa shape index (κ2) is 12.7. The molecule has 4 heterocycles. The van der Waals surface area contributed by atoms with Gasteiger partial charge in [-0.15, -0.1) is 0 Å². The van der Waals surface area contributed by atoms with Crippen LogP contribution in [0.3, 0.4) is 0 Å². The molecule has 12 heteroatoms. The summed E-state index contributed by atoms with van der Waals surface area (Å²) >= 11 is 0. The second-order valence-corrected chi connectivity index (χ2v) is 11.3. The number of nitrogens with one attached hydrogen (secondary N) is 4.